The summed E-state index contributed by atoms with van der Waals surface area (Å²) in [5.74, 6) is 0.618. The second-order valence-corrected chi connectivity index (χ2v) is 5.84. The number of hydrogen-bond donors (Lipinski definition) is 2. The molecular formula is C16H28N2O2. The van der Waals surface area contributed by atoms with Crippen molar-refractivity contribution in [1.82, 2.24) is 10.3 Å². The summed E-state index contributed by atoms with van der Waals surface area (Å²) in [6.07, 6.45) is 4.30. The molecular weight excluding hydrogens is 252 g/mol. The molecule has 4 nitrogen and oxygen atoms in total. The molecule has 1 aromatic rings. The van der Waals surface area contributed by atoms with Gasteiger partial charge in [0.05, 0.1) is 18.8 Å². The number of nitrogens with zero attached hydrogens (tertiary/aromatic N) is 1. The first-order valence-corrected chi connectivity index (χ1v) is 7.42. The number of nitrogens with one attached hydrogen (secondary N) is 1. The first-order valence-electron chi connectivity index (χ1n) is 7.42. The van der Waals surface area contributed by atoms with Crippen molar-refractivity contribution in [3.05, 3.63) is 30.1 Å². The van der Waals surface area contributed by atoms with E-state index >= 15 is 0 Å². The number of aliphatic hydroxyl groups excluding tert-OH is 1. The second-order valence-electron chi connectivity index (χ2n) is 5.84. The summed E-state index contributed by atoms with van der Waals surface area (Å²) in [4.78, 5) is 4.00. The van der Waals surface area contributed by atoms with Crippen LogP contribution in [-0.4, -0.2) is 35.5 Å². The van der Waals surface area contributed by atoms with Crippen molar-refractivity contribution in [3.63, 3.8) is 0 Å². The van der Waals surface area contributed by atoms with Gasteiger partial charge in [0.1, 0.15) is 0 Å². The van der Waals surface area contributed by atoms with Gasteiger partial charge in [-0.2, -0.15) is 0 Å². The highest BCUT2D eigenvalue weighted by Gasteiger charge is 2.11. The Morgan fingerprint density at radius 1 is 1.20 bits per heavy atom. The van der Waals surface area contributed by atoms with Gasteiger partial charge >= 0.3 is 0 Å². The van der Waals surface area contributed by atoms with Crippen molar-refractivity contribution in [3.8, 4) is 0 Å². The molecule has 0 amide bonds. The first kappa shape index (κ1) is 17.1. The molecule has 0 saturated carbocycles. The zero-order valence-electron chi connectivity index (χ0n) is 13.0. The second kappa shape index (κ2) is 9.06. The predicted octanol–water partition coefficient (Wildman–Crippen LogP) is 2.54. The molecule has 2 N–H and O–H groups in total. The normalized spacial score (nSPS) is 16.1. The SMILES string of the molecule is CC(C)CC(C)OCC(O)CN[C@@H](C)c1ccncc1. The van der Waals surface area contributed by atoms with Crippen LogP contribution < -0.4 is 5.32 Å². The molecule has 4 heteroatoms. The number of ether oxygens (including phenoxy) is 1. The summed E-state index contributed by atoms with van der Waals surface area (Å²) >= 11 is 0. The summed E-state index contributed by atoms with van der Waals surface area (Å²) in [6.45, 7) is 9.38. The minimum Gasteiger partial charge on any atom is -0.389 e. The van der Waals surface area contributed by atoms with Crippen LogP contribution in [-0.2, 0) is 4.74 Å². The van der Waals surface area contributed by atoms with Gasteiger partial charge in [0.15, 0.2) is 0 Å². The molecule has 0 aliphatic carbocycles. The van der Waals surface area contributed by atoms with Crippen LogP contribution in [0.3, 0.4) is 0 Å². The lowest BCUT2D eigenvalue weighted by Gasteiger charge is -2.20. The molecule has 20 heavy (non-hydrogen) atoms. The lowest BCUT2D eigenvalue weighted by molar-refractivity contribution is -0.00914. The maximum absolute atomic E-state index is 9.93. The van der Waals surface area contributed by atoms with E-state index in [0.717, 1.165) is 6.42 Å². The fraction of sp³-hybridized carbons (Fsp3) is 0.688. The third kappa shape index (κ3) is 6.98. The van der Waals surface area contributed by atoms with Crippen LogP contribution in [0.1, 0.15) is 45.7 Å². The fourth-order valence-electron chi connectivity index (χ4n) is 2.15. The highest BCUT2D eigenvalue weighted by Crippen LogP contribution is 2.10. The molecule has 0 bridgehead atoms. The average molecular weight is 280 g/mol. The number of aromatic nitrogens is 1. The molecule has 2 unspecified atom stereocenters. The van der Waals surface area contributed by atoms with Gasteiger partial charge in [-0.25, -0.2) is 0 Å². The van der Waals surface area contributed by atoms with E-state index in [1.54, 1.807) is 12.4 Å². The van der Waals surface area contributed by atoms with E-state index in [-0.39, 0.29) is 12.1 Å². The minimum atomic E-state index is -0.478. The van der Waals surface area contributed by atoms with Crippen LogP contribution in [0.5, 0.6) is 0 Å². The Labute approximate surface area is 122 Å². The Bertz CT molecular complexity index is 357. The standard InChI is InChI=1S/C16H28N2O2/c1-12(2)9-13(3)20-11-16(19)10-18-14(4)15-5-7-17-8-6-15/h5-8,12-14,16,18-19H,9-11H2,1-4H3/t13?,14-,16?/m0/s1. The molecule has 0 fully saturated rings. The Morgan fingerprint density at radius 2 is 1.85 bits per heavy atom. The molecule has 3 atom stereocenters. The minimum absolute atomic E-state index is 0.195. The monoisotopic (exact) mass is 280 g/mol. The van der Waals surface area contributed by atoms with E-state index in [1.807, 2.05) is 12.1 Å². The largest absolute Gasteiger partial charge is 0.389 e. The molecule has 1 aromatic heterocycles. The Balaban J connectivity index is 2.21. The number of rotatable bonds is 9. The van der Waals surface area contributed by atoms with Crippen molar-refractivity contribution in [2.75, 3.05) is 13.2 Å². The topological polar surface area (TPSA) is 54.4 Å². The molecule has 0 aliphatic heterocycles. The summed E-state index contributed by atoms with van der Waals surface area (Å²) in [7, 11) is 0. The van der Waals surface area contributed by atoms with Crippen LogP contribution in [0.2, 0.25) is 0 Å². The van der Waals surface area contributed by atoms with E-state index in [2.05, 4.69) is 38.0 Å². The summed E-state index contributed by atoms with van der Waals surface area (Å²) in [6, 6.07) is 4.15. The van der Waals surface area contributed by atoms with E-state index in [1.165, 1.54) is 5.56 Å². The number of pyridine rings is 1. The lowest BCUT2D eigenvalue weighted by atomic mass is 10.1. The van der Waals surface area contributed by atoms with E-state index in [4.69, 9.17) is 4.74 Å². The maximum atomic E-state index is 9.93. The maximum Gasteiger partial charge on any atom is 0.0898 e. The van der Waals surface area contributed by atoms with Crippen LogP contribution in [0, 0.1) is 5.92 Å². The van der Waals surface area contributed by atoms with Crippen molar-refractivity contribution < 1.29 is 9.84 Å². The Kier molecular flexibility index (Phi) is 7.73. The molecule has 114 valence electrons. The van der Waals surface area contributed by atoms with Gasteiger partial charge in [0.2, 0.25) is 0 Å². The van der Waals surface area contributed by atoms with Gasteiger partial charge in [-0.05, 0) is 43.9 Å². The lowest BCUT2D eigenvalue weighted by Crippen LogP contribution is -2.33. The quantitative estimate of drug-likeness (QED) is 0.730. The van der Waals surface area contributed by atoms with Crippen LogP contribution >= 0.6 is 0 Å². The van der Waals surface area contributed by atoms with Crippen LogP contribution in [0.15, 0.2) is 24.5 Å². The van der Waals surface area contributed by atoms with E-state index < -0.39 is 6.10 Å². The number of hydrogen-bond acceptors (Lipinski definition) is 4. The molecule has 1 heterocycles. The third-order valence-corrected chi connectivity index (χ3v) is 3.24. The van der Waals surface area contributed by atoms with E-state index in [9.17, 15) is 5.11 Å². The molecule has 0 aromatic carbocycles. The Hall–Kier alpha value is -0.970. The zero-order chi connectivity index (χ0) is 15.0. The van der Waals surface area contributed by atoms with E-state index in [0.29, 0.717) is 19.1 Å². The predicted molar refractivity (Wildman–Crippen MR) is 81.5 cm³/mol. The van der Waals surface area contributed by atoms with Crippen molar-refractivity contribution in [1.29, 1.82) is 0 Å². The third-order valence-electron chi connectivity index (χ3n) is 3.24. The van der Waals surface area contributed by atoms with Gasteiger partial charge in [-0.3, -0.25) is 4.98 Å². The van der Waals surface area contributed by atoms with Crippen molar-refractivity contribution in [2.45, 2.75) is 52.4 Å². The van der Waals surface area contributed by atoms with Crippen LogP contribution in [0.25, 0.3) is 0 Å². The van der Waals surface area contributed by atoms with Gasteiger partial charge in [-0.1, -0.05) is 13.8 Å². The van der Waals surface area contributed by atoms with Gasteiger partial charge in [0, 0.05) is 25.0 Å². The number of aliphatic hydroxyl groups is 1. The molecule has 0 saturated heterocycles. The highest BCUT2D eigenvalue weighted by atomic mass is 16.5. The van der Waals surface area contributed by atoms with Gasteiger partial charge in [0.25, 0.3) is 0 Å². The van der Waals surface area contributed by atoms with Crippen molar-refractivity contribution in [2.24, 2.45) is 5.92 Å². The fourth-order valence-corrected chi connectivity index (χ4v) is 2.15. The molecule has 1 rings (SSSR count). The van der Waals surface area contributed by atoms with Crippen molar-refractivity contribution >= 4 is 0 Å². The summed E-state index contributed by atoms with van der Waals surface area (Å²) in [5, 5.41) is 13.2. The summed E-state index contributed by atoms with van der Waals surface area (Å²) in [5.41, 5.74) is 1.17. The van der Waals surface area contributed by atoms with Gasteiger partial charge < -0.3 is 15.2 Å². The Morgan fingerprint density at radius 3 is 2.45 bits per heavy atom. The average Bonchev–Trinajstić information content (AvgIpc) is 2.42. The molecule has 0 radical (unpaired) electrons. The smallest absolute Gasteiger partial charge is 0.0898 e. The van der Waals surface area contributed by atoms with Gasteiger partial charge in [-0.15, -0.1) is 0 Å². The zero-order valence-corrected chi connectivity index (χ0v) is 13.0. The highest BCUT2D eigenvalue weighted by molar-refractivity contribution is 5.13. The molecule has 0 aliphatic rings. The van der Waals surface area contributed by atoms with Crippen LogP contribution in [0.4, 0.5) is 0 Å². The molecule has 0 spiro atoms. The summed E-state index contributed by atoms with van der Waals surface area (Å²) < 4.78 is 5.65. The first-order chi connectivity index (χ1) is 9.49.